The number of amides is 2. The molecule has 1 aromatic heterocycles. The molecule has 9 heteroatoms. The molecule has 3 aliphatic rings. The molecule has 2 amide bonds. The minimum Gasteiger partial charge on any atom is -0.343 e. The number of likely N-dealkylation sites (tertiary alicyclic amines) is 1. The lowest BCUT2D eigenvalue weighted by Crippen LogP contribution is -2.46. The van der Waals surface area contributed by atoms with E-state index < -0.39 is 0 Å². The molecule has 0 aliphatic carbocycles. The number of fused-ring (bicyclic) bond motifs is 2. The SMILES string of the molecule is CC(=O)N1CCC(C(=O)N(CCCN2C3CCC2CC(n2c(C)nnc2C(C)C)C3)c2ccc(C)c(Cl)c2)CC1. The molecule has 0 saturated carbocycles. The summed E-state index contributed by atoms with van der Waals surface area (Å²) in [7, 11) is 0. The van der Waals surface area contributed by atoms with Crippen LogP contribution < -0.4 is 4.90 Å². The van der Waals surface area contributed by atoms with Gasteiger partial charge in [0.05, 0.1) is 0 Å². The number of benzene rings is 1. The van der Waals surface area contributed by atoms with Crippen molar-refractivity contribution in [1.29, 1.82) is 0 Å². The number of carbonyl (C=O) groups excluding carboxylic acids is 2. The molecule has 1 aromatic carbocycles. The third-order valence-electron chi connectivity index (χ3n) is 9.45. The number of piperidine rings is 2. The first-order chi connectivity index (χ1) is 19.1. The van der Waals surface area contributed by atoms with Gasteiger partial charge in [0.25, 0.3) is 0 Å². The number of rotatable bonds is 8. The Morgan fingerprint density at radius 1 is 1.02 bits per heavy atom. The zero-order valence-corrected chi connectivity index (χ0v) is 25.5. The zero-order chi connectivity index (χ0) is 28.6. The van der Waals surface area contributed by atoms with Gasteiger partial charge < -0.3 is 14.4 Å². The summed E-state index contributed by atoms with van der Waals surface area (Å²) in [6.45, 7) is 13.0. The van der Waals surface area contributed by atoms with Gasteiger partial charge in [0, 0.05) is 73.8 Å². The average molecular weight is 569 g/mol. The number of carbonyl (C=O) groups is 2. The Hall–Kier alpha value is -2.45. The van der Waals surface area contributed by atoms with E-state index in [1.807, 2.05) is 34.9 Å². The molecule has 2 aromatic rings. The topological polar surface area (TPSA) is 74.6 Å². The Balaban J connectivity index is 1.25. The predicted molar refractivity (Wildman–Crippen MR) is 159 cm³/mol. The number of hydrogen-bond acceptors (Lipinski definition) is 5. The molecule has 3 fully saturated rings. The second kappa shape index (κ2) is 12.2. The van der Waals surface area contributed by atoms with Gasteiger partial charge in [0.1, 0.15) is 11.6 Å². The van der Waals surface area contributed by atoms with Gasteiger partial charge in [-0.05, 0) is 76.5 Å². The van der Waals surface area contributed by atoms with Gasteiger partial charge in [-0.1, -0.05) is 31.5 Å². The molecule has 3 aliphatic heterocycles. The number of hydrogen-bond donors (Lipinski definition) is 0. The molecule has 40 heavy (non-hydrogen) atoms. The fourth-order valence-corrected chi connectivity index (χ4v) is 7.42. The van der Waals surface area contributed by atoms with E-state index in [2.05, 4.69) is 40.4 Å². The molecule has 0 radical (unpaired) electrons. The van der Waals surface area contributed by atoms with E-state index in [1.165, 1.54) is 12.8 Å². The zero-order valence-electron chi connectivity index (χ0n) is 24.8. The van der Waals surface area contributed by atoms with Crippen LogP contribution in [0, 0.1) is 19.8 Å². The van der Waals surface area contributed by atoms with Crippen molar-refractivity contribution >= 4 is 29.1 Å². The third-order valence-corrected chi connectivity index (χ3v) is 9.86. The highest BCUT2D eigenvalue weighted by Crippen LogP contribution is 2.42. The van der Waals surface area contributed by atoms with Crippen LogP contribution in [0.2, 0.25) is 5.02 Å². The monoisotopic (exact) mass is 568 g/mol. The van der Waals surface area contributed by atoms with Crippen molar-refractivity contribution in [2.45, 2.75) is 104 Å². The van der Waals surface area contributed by atoms with Gasteiger partial charge in [-0.3, -0.25) is 14.5 Å². The minimum absolute atomic E-state index is 0.0650. The Bertz CT molecular complexity index is 1210. The van der Waals surface area contributed by atoms with Crippen LogP contribution in [0.15, 0.2) is 18.2 Å². The quantitative estimate of drug-likeness (QED) is 0.419. The number of nitrogens with zero attached hydrogens (tertiary/aromatic N) is 6. The normalized spacial score (nSPS) is 23.7. The van der Waals surface area contributed by atoms with E-state index in [1.54, 1.807) is 6.92 Å². The molecule has 2 atom stereocenters. The molecule has 2 unspecified atom stereocenters. The Labute approximate surface area is 244 Å². The maximum Gasteiger partial charge on any atom is 0.230 e. The Kier molecular flexibility index (Phi) is 8.86. The van der Waals surface area contributed by atoms with Crippen LogP contribution in [0.5, 0.6) is 0 Å². The van der Waals surface area contributed by atoms with Crippen molar-refractivity contribution in [2.75, 3.05) is 31.1 Å². The third kappa shape index (κ3) is 5.94. The summed E-state index contributed by atoms with van der Waals surface area (Å²) in [5.74, 6) is 2.69. The fourth-order valence-electron chi connectivity index (χ4n) is 7.24. The highest BCUT2D eigenvalue weighted by Gasteiger charge is 2.42. The number of aryl methyl sites for hydroxylation is 2. The largest absolute Gasteiger partial charge is 0.343 e. The van der Waals surface area contributed by atoms with Crippen LogP contribution >= 0.6 is 11.6 Å². The molecule has 0 N–H and O–H groups in total. The van der Waals surface area contributed by atoms with Crippen LogP contribution in [-0.2, 0) is 9.59 Å². The lowest BCUT2D eigenvalue weighted by atomic mass is 9.94. The van der Waals surface area contributed by atoms with Gasteiger partial charge in [0.2, 0.25) is 11.8 Å². The summed E-state index contributed by atoms with van der Waals surface area (Å²) in [6.07, 6.45) is 7.11. The van der Waals surface area contributed by atoms with Crippen molar-refractivity contribution in [3.05, 3.63) is 40.4 Å². The molecular formula is C31H45ClN6O2. The first-order valence-corrected chi connectivity index (χ1v) is 15.5. The van der Waals surface area contributed by atoms with Crippen molar-refractivity contribution in [3.8, 4) is 0 Å². The van der Waals surface area contributed by atoms with Gasteiger partial charge in [-0.15, -0.1) is 10.2 Å². The molecule has 3 saturated heterocycles. The summed E-state index contributed by atoms with van der Waals surface area (Å²) < 4.78 is 2.41. The summed E-state index contributed by atoms with van der Waals surface area (Å²) in [5, 5.41) is 9.59. The standard InChI is InChI=1S/C31H45ClN6O2/c1-20(2)30-34-33-22(4)38(30)28-17-25-9-10-26(18-28)36(25)13-6-14-37(27-8-7-21(3)29(32)19-27)31(40)24-11-15-35(16-12-24)23(5)39/h7-8,19-20,24-26,28H,6,9-18H2,1-5H3. The summed E-state index contributed by atoms with van der Waals surface area (Å²) in [6, 6.07) is 7.56. The first kappa shape index (κ1) is 29.1. The van der Waals surface area contributed by atoms with Crippen LogP contribution in [0.4, 0.5) is 5.69 Å². The van der Waals surface area contributed by atoms with E-state index in [-0.39, 0.29) is 17.7 Å². The van der Waals surface area contributed by atoms with E-state index in [9.17, 15) is 9.59 Å². The molecule has 218 valence electrons. The average Bonchev–Trinajstić information content (AvgIpc) is 3.43. The first-order valence-electron chi connectivity index (χ1n) is 15.1. The Morgan fingerprint density at radius 2 is 1.70 bits per heavy atom. The molecule has 4 heterocycles. The van der Waals surface area contributed by atoms with Crippen molar-refractivity contribution in [3.63, 3.8) is 0 Å². The van der Waals surface area contributed by atoms with E-state index in [4.69, 9.17) is 11.6 Å². The van der Waals surface area contributed by atoms with Gasteiger partial charge in [0.15, 0.2) is 0 Å². The molecule has 8 nitrogen and oxygen atoms in total. The molecule has 0 spiro atoms. The van der Waals surface area contributed by atoms with Gasteiger partial charge >= 0.3 is 0 Å². The summed E-state index contributed by atoms with van der Waals surface area (Å²) in [4.78, 5) is 32.2. The van der Waals surface area contributed by atoms with E-state index in [0.29, 0.717) is 61.5 Å². The maximum atomic E-state index is 13.8. The highest BCUT2D eigenvalue weighted by atomic mass is 35.5. The van der Waals surface area contributed by atoms with Gasteiger partial charge in [-0.2, -0.15) is 0 Å². The van der Waals surface area contributed by atoms with Crippen molar-refractivity contribution in [2.24, 2.45) is 5.92 Å². The van der Waals surface area contributed by atoms with Gasteiger partial charge in [-0.25, -0.2) is 0 Å². The highest BCUT2D eigenvalue weighted by molar-refractivity contribution is 6.31. The van der Waals surface area contributed by atoms with Crippen molar-refractivity contribution in [1.82, 2.24) is 24.6 Å². The smallest absolute Gasteiger partial charge is 0.230 e. The number of anilines is 1. The van der Waals surface area contributed by atoms with Crippen LogP contribution in [-0.4, -0.2) is 74.6 Å². The minimum atomic E-state index is -0.0650. The number of halogens is 1. The molecule has 2 bridgehead atoms. The predicted octanol–water partition coefficient (Wildman–Crippen LogP) is 5.52. The van der Waals surface area contributed by atoms with E-state index in [0.717, 1.165) is 48.7 Å². The van der Waals surface area contributed by atoms with Crippen LogP contribution in [0.1, 0.15) is 94.9 Å². The fraction of sp³-hybridized carbons (Fsp3) is 0.677. The van der Waals surface area contributed by atoms with Crippen LogP contribution in [0.3, 0.4) is 0 Å². The maximum absolute atomic E-state index is 13.8. The number of aromatic nitrogens is 3. The summed E-state index contributed by atoms with van der Waals surface area (Å²) in [5.41, 5.74) is 1.89. The molecular weight excluding hydrogens is 524 g/mol. The summed E-state index contributed by atoms with van der Waals surface area (Å²) >= 11 is 6.50. The lowest BCUT2D eigenvalue weighted by molar-refractivity contribution is -0.133. The van der Waals surface area contributed by atoms with Crippen LogP contribution in [0.25, 0.3) is 0 Å². The molecule has 5 rings (SSSR count). The van der Waals surface area contributed by atoms with E-state index >= 15 is 0 Å². The van der Waals surface area contributed by atoms with Crippen molar-refractivity contribution < 1.29 is 9.59 Å². The lowest BCUT2D eigenvalue weighted by Gasteiger charge is -2.40. The second-order valence-electron chi connectivity index (χ2n) is 12.4. The second-order valence-corrected chi connectivity index (χ2v) is 12.8. The Morgan fingerprint density at radius 3 is 2.30 bits per heavy atom.